The van der Waals surface area contributed by atoms with Crippen LogP contribution in [0.3, 0.4) is 0 Å². The van der Waals surface area contributed by atoms with Crippen molar-refractivity contribution >= 4 is 5.78 Å². The van der Waals surface area contributed by atoms with Crippen LogP contribution in [0.1, 0.15) is 71.6 Å². The number of ketones is 1. The summed E-state index contributed by atoms with van der Waals surface area (Å²) in [5, 5.41) is 20.6. The van der Waals surface area contributed by atoms with E-state index >= 15 is 0 Å². The second-order valence-corrected chi connectivity index (χ2v) is 11.4. The van der Waals surface area contributed by atoms with E-state index in [0.717, 1.165) is 37.3 Å². The van der Waals surface area contributed by atoms with E-state index in [1.165, 1.54) is 51.4 Å². The zero-order valence-corrected chi connectivity index (χ0v) is 18.4. The normalized spacial score (nSPS) is 48.9. The van der Waals surface area contributed by atoms with Crippen LogP contribution in [0.5, 0.6) is 0 Å². The molecule has 8 atom stereocenters. The fourth-order valence-electron chi connectivity index (χ4n) is 8.84. The molecule has 29 heavy (non-hydrogen) atoms. The van der Waals surface area contributed by atoms with Crippen LogP contribution in [-0.4, -0.2) is 42.1 Å². The van der Waals surface area contributed by atoms with Gasteiger partial charge in [-0.15, -0.1) is 0 Å². The summed E-state index contributed by atoms with van der Waals surface area (Å²) in [5.41, 5.74) is 0.329. The van der Waals surface area contributed by atoms with Gasteiger partial charge in [-0.05, 0) is 91.8 Å². The van der Waals surface area contributed by atoms with Gasteiger partial charge in [0.1, 0.15) is 0 Å². The van der Waals surface area contributed by atoms with Crippen molar-refractivity contribution in [2.45, 2.75) is 71.6 Å². The van der Waals surface area contributed by atoms with Gasteiger partial charge in [-0.1, -0.05) is 25.5 Å². The molecule has 4 aliphatic carbocycles. The smallest absolute Gasteiger partial charge is 0.157 e. The van der Waals surface area contributed by atoms with E-state index in [9.17, 15) is 9.90 Å². The Bertz CT molecular complexity index is 681. The Morgan fingerprint density at radius 1 is 1.10 bits per heavy atom. The van der Waals surface area contributed by atoms with Gasteiger partial charge in [-0.2, -0.15) is 5.11 Å². The first-order chi connectivity index (χ1) is 14.0. The number of hydrogen-bond donors (Lipinski definition) is 1. The van der Waals surface area contributed by atoms with Crippen molar-refractivity contribution in [2.75, 3.05) is 26.2 Å². The second-order valence-electron chi connectivity index (χ2n) is 11.4. The summed E-state index contributed by atoms with van der Waals surface area (Å²) in [4.78, 5) is 13.2. The lowest BCUT2D eigenvalue weighted by molar-refractivity contribution is -0.151. The van der Waals surface area contributed by atoms with Crippen molar-refractivity contribution in [1.82, 2.24) is 5.01 Å². The van der Waals surface area contributed by atoms with E-state index in [2.05, 4.69) is 24.2 Å². The Kier molecular flexibility index (Phi) is 5.04. The molecule has 4 fully saturated rings. The van der Waals surface area contributed by atoms with Crippen molar-refractivity contribution in [3.8, 4) is 0 Å². The summed E-state index contributed by atoms with van der Waals surface area (Å²) in [6, 6.07) is 0. The Labute approximate surface area is 175 Å². The monoisotopic (exact) mass is 401 g/mol. The van der Waals surface area contributed by atoms with Gasteiger partial charge in [-0.25, -0.2) is 0 Å². The molecule has 0 bridgehead atoms. The largest absolute Gasteiger partial charge is 0.396 e. The molecule has 1 unspecified atom stereocenters. The van der Waals surface area contributed by atoms with Crippen molar-refractivity contribution in [2.24, 2.45) is 56.7 Å². The third-order valence-corrected chi connectivity index (χ3v) is 10.3. The molecule has 0 saturated heterocycles. The maximum atomic E-state index is 13.2. The number of aliphatic hydroxyl groups excluding tert-OH is 1. The number of Topliss-reactive ketones (excluding diaryl/α,β-unsaturated/α-hetero) is 1. The van der Waals surface area contributed by atoms with Gasteiger partial charge in [0.25, 0.3) is 0 Å². The fraction of sp³-hybridized carbons (Fsp3) is 0.958. The van der Waals surface area contributed by atoms with Gasteiger partial charge in [0, 0.05) is 12.5 Å². The number of carbonyl (C=O) groups excluding carboxylic acids is 1. The number of carbonyl (C=O) groups is 1. The molecule has 0 amide bonds. The van der Waals surface area contributed by atoms with Gasteiger partial charge < -0.3 is 5.11 Å². The van der Waals surface area contributed by atoms with Crippen molar-refractivity contribution < 1.29 is 9.90 Å². The topological polar surface area (TPSA) is 65.3 Å². The molecule has 5 heteroatoms. The molecule has 1 N–H and O–H groups in total. The predicted molar refractivity (Wildman–Crippen MR) is 112 cm³/mol. The molecule has 0 aromatic rings. The number of rotatable bonds is 4. The summed E-state index contributed by atoms with van der Waals surface area (Å²) in [7, 11) is 0. The standard InChI is InChI=1S/C24H39N3O2/c1-16-7-10-24(15-28)17(13-16)3-4-18-19-5-6-21(23(19,2)9-8-20(18)24)22(29)14-27-12-11-25-26-27/h16-21,28H,3-15H2,1-2H3/t16-,17-,18-,19-,20?,21+,23-,24+/m0/s1. The van der Waals surface area contributed by atoms with Gasteiger partial charge in [-0.3, -0.25) is 9.80 Å². The van der Waals surface area contributed by atoms with E-state index < -0.39 is 0 Å². The van der Waals surface area contributed by atoms with E-state index in [1.54, 1.807) is 0 Å². The zero-order valence-electron chi connectivity index (χ0n) is 18.4. The Morgan fingerprint density at radius 3 is 2.72 bits per heavy atom. The molecule has 162 valence electrons. The predicted octanol–water partition coefficient (Wildman–Crippen LogP) is 4.51. The van der Waals surface area contributed by atoms with Crippen LogP contribution in [0.15, 0.2) is 10.3 Å². The molecule has 5 nitrogen and oxygen atoms in total. The third-order valence-electron chi connectivity index (χ3n) is 10.3. The van der Waals surface area contributed by atoms with Gasteiger partial charge in [0.2, 0.25) is 0 Å². The molecule has 1 heterocycles. The van der Waals surface area contributed by atoms with Crippen molar-refractivity contribution in [1.29, 1.82) is 0 Å². The third kappa shape index (κ3) is 3.01. The highest BCUT2D eigenvalue weighted by Gasteiger charge is 2.62. The van der Waals surface area contributed by atoms with Crippen LogP contribution < -0.4 is 0 Å². The zero-order chi connectivity index (χ0) is 20.2. The van der Waals surface area contributed by atoms with Crippen LogP contribution in [-0.2, 0) is 4.79 Å². The molecular weight excluding hydrogens is 362 g/mol. The Morgan fingerprint density at radius 2 is 1.97 bits per heavy atom. The lowest BCUT2D eigenvalue weighted by Crippen LogP contribution is -2.56. The number of aliphatic hydroxyl groups is 1. The van der Waals surface area contributed by atoms with Crippen LogP contribution in [0.25, 0.3) is 0 Å². The first-order valence-electron chi connectivity index (χ1n) is 12.2. The van der Waals surface area contributed by atoms with Gasteiger partial charge >= 0.3 is 0 Å². The van der Waals surface area contributed by atoms with Gasteiger partial charge in [0.05, 0.1) is 19.6 Å². The highest BCUT2D eigenvalue weighted by molar-refractivity contribution is 5.84. The van der Waals surface area contributed by atoms with Crippen LogP contribution in [0, 0.1) is 46.3 Å². The average molecular weight is 402 g/mol. The van der Waals surface area contributed by atoms with E-state index in [4.69, 9.17) is 0 Å². The summed E-state index contributed by atoms with van der Waals surface area (Å²) in [6.07, 6.45) is 11.1. The molecule has 0 aromatic heterocycles. The van der Waals surface area contributed by atoms with Crippen LogP contribution in [0.4, 0.5) is 0 Å². The summed E-state index contributed by atoms with van der Waals surface area (Å²) in [6.45, 7) is 7.18. The SMILES string of the molecule is C[C@H]1CC[C@]2(CO)C3CC[C@]4(C)[C@@H](C(=O)CN5CCN=N5)CC[C@H]4[C@@H]3CC[C@H]2C1. The fourth-order valence-corrected chi connectivity index (χ4v) is 8.84. The summed E-state index contributed by atoms with van der Waals surface area (Å²) in [5.74, 6) is 4.19. The van der Waals surface area contributed by atoms with E-state index in [-0.39, 0.29) is 16.7 Å². The van der Waals surface area contributed by atoms with Crippen molar-refractivity contribution in [3.63, 3.8) is 0 Å². The van der Waals surface area contributed by atoms with Crippen molar-refractivity contribution in [3.05, 3.63) is 0 Å². The quantitative estimate of drug-likeness (QED) is 0.754. The van der Waals surface area contributed by atoms with Crippen LogP contribution >= 0.6 is 0 Å². The summed E-state index contributed by atoms with van der Waals surface area (Å²) < 4.78 is 0. The minimum atomic E-state index is 0.153. The average Bonchev–Trinajstić information content (AvgIpc) is 3.34. The number of nitrogens with zero attached hydrogens (tertiary/aromatic N) is 3. The summed E-state index contributed by atoms with van der Waals surface area (Å²) >= 11 is 0. The Balaban J connectivity index is 1.35. The molecule has 5 rings (SSSR count). The van der Waals surface area contributed by atoms with E-state index in [1.807, 2.05) is 5.01 Å². The molecule has 5 aliphatic rings. The molecule has 1 aliphatic heterocycles. The second kappa shape index (κ2) is 7.32. The van der Waals surface area contributed by atoms with Crippen LogP contribution in [0.2, 0.25) is 0 Å². The molecule has 4 saturated carbocycles. The molecule has 0 radical (unpaired) electrons. The lowest BCUT2D eigenvalue weighted by atomic mass is 9.44. The Hall–Kier alpha value is -0.970. The van der Waals surface area contributed by atoms with Gasteiger partial charge in [0.15, 0.2) is 5.78 Å². The minimum Gasteiger partial charge on any atom is -0.396 e. The maximum absolute atomic E-state index is 13.2. The number of hydrogen-bond acceptors (Lipinski definition) is 5. The first kappa shape index (κ1) is 20.0. The minimum absolute atomic E-state index is 0.153. The first-order valence-corrected chi connectivity index (χ1v) is 12.2. The maximum Gasteiger partial charge on any atom is 0.157 e. The van der Waals surface area contributed by atoms with E-state index in [0.29, 0.717) is 30.8 Å². The number of fused-ring (bicyclic) bond motifs is 5. The highest BCUT2D eigenvalue weighted by Crippen LogP contribution is 2.67. The lowest BCUT2D eigenvalue weighted by Gasteiger charge is -2.61. The highest BCUT2D eigenvalue weighted by atomic mass is 16.3. The molecule has 0 aromatic carbocycles. The molecule has 0 spiro atoms. The molecular formula is C24H39N3O2.